The van der Waals surface area contributed by atoms with Crippen molar-refractivity contribution < 1.29 is 9.21 Å². The Hall–Kier alpha value is -3.45. The minimum Gasteiger partial charge on any atom is -0.451 e. The first kappa shape index (κ1) is 17.6. The number of nitrogens with one attached hydrogen (secondary N) is 1. The molecular formula is C21H16ClN5O2. The van der Waals surface area contributed by atoms with Crippen molar-refractivity contribution in [1.82, 2.24) is 20.2 Å². The zero-order valence-corrected chi connectivity index (χ0v) is 16.0. The predicted octanol–water partition coefficient (Wildman–Crippen LogP) is 4.84. The van der Waals surface area contributed by atoms with Crippen LogP contribution in [0.3, 0.4) is 0 Å². The highest BCUT2D eigenvalue weighted by atomic mass is 35.5. The van der Waals surface area contributed by atoms with Crippen molar-refractivity contribution in [2.75, 3.05) is 5.32 Å². The lowest BCUT2D eigenvalue weighted by Gasteiger charge is -2.06. The minimum atomic E-state index is -0.334. The molecule has 7 nitrogen and oxygen atoms in total. The van der Waals surface area contributed by atoms with Gasteiger partial charge in [0.2, 0.25) is 0 Å². The number of hydrogen-bond donors (Lipinski definition) is 1. The van der Waals surface area contributed by atoms with Crippen LogP contribution in [-0.4, -0.2) is 26.1 Å². The number of aromatic nitrogens is 4. The zero-order chi connectivity index (χ0) is 19.8. The van der Waals surface area contributed by atoms with Crippen molar-refractivity contribution in [1.29, 1.82) is 0 Å². The van der Waals surface area contributed by atoms with E-state index in [1.165, 1.54) is 0 Å². The summed E-state index contributed by atoms with van der Waals surface area (Å²) in [6.45, 7) is 0. The molecular weight excluding hydrogens is 390 g/mol. The summed E-state index contributed by atoms with van der Waals surface area (Å²) in [5, 5.41) is 15.4. The lowest BCUT2D eigenvalue weighted by molar-refractivity contribution is 0.0997. The number of anilines is 1. The number of nitrogens with zero attached hydrogens (tertiary/aromatic N) is 4. The summed E-state index contributed by atoms with van der Waals surface area (Å²) < 4.78 is 7.54. The second-order valence-corrected chi connectivity index (χ2v) is 7.26. The smallest absolute Gasteiger partial charge is 0.291 e. The van der Waals surface area contributed by atoms with Crippen molar-refractivity contribution in [3.8, 4) is 22.7 Å². The molecule has 8 heteroatoms. The van der Waals surface area contributed by atoms with Gasteiger partial charge in [0, 0.05) is 16.8 Å². The van der Waals surface area contributed by atoms with Crippen LogP contribution < -0.4 is 5.32 Å². The molecule has 0 saturated heterocycles. The highest BCUT2D eigenvalue weighted by molar-refractivity contribution is 6.33. The number of tetrazole rings is 1. The lowest BCUT2D eigenvalue weighted by atomic mass is 10.2. The van der Waals surface area contributed by atoms with Crippen LogP contribution in [0.1, 0.15) is 29.4 Å². The fourth-order valence-electron chi connectivity index (χ4n) is 3.11. The van der Waals surface area contributed by atoms with Gasteiger partial charge in [-0.15, -0.1) is 5.10 Å². The Balaban J connectivity index is 1.31. The van der Waals surface area contributed by atoms with Gasteiger partial charge in [-0.05, 0) is 71.8 Å². The van der Waals surface area contributed by atoms with E-state index in [1.807, 2.05) is 47.1 Å². The third-order valence-electron chi connectivity index (χ3n) is 4.76. The molecule has 1 aliphatic rings. The maximum Gasteiger partial charge on any atom is 0.291 e. The van der Waals surface area contributed by atoms with Gasteiger partial charge in [-0.2, -0.15) is 0 Å². The molecule has 4 aromatic rings. The van der Waals surface area contributed by atoms with Gasteiger partial charge in [0.05, 0.1) is 11.1 Å². The summed E-state index contributed by atoms with van der Waals surface area (Å²) in [5.74, 6) is 1.16. The Bertz CT molecular complexity index is 1180. The Morgan fingerprint density at radius 2 is 1.86 bits per heavy atom. The van der Waals surface area contributed by atoms with Gasteiger partial charge >= 0.3 is 0 Å². The lowest BCUT2D eigenvalue weighted by Crippen LogP contribution is -2.10. The van der Waals surface area contributed by atoms with Crippen LogP contribution in [0.4, 0.5) is 5.69 Å². The molecule has 2 aromatic heterocycles. The van der Waals surface area contributed by atoms with Crippen LogP contribution in [0.2, 0.25) is 5.02 Å². The molecule has 144 valence electrons. The number of carbonyl (C=O) groups excluding carboxylic acids is 1. The second kappa shape index (κ2) is 7.18. The summed E-state index contributed by atoms with van der Waals surface area (Å²) in [6, 6.07) is 18.5. The first-order valence-electron chi connectivity index (χ1n) is 9.23. The predicted molar refractivity (Wildman–Crippen MR) is 109 cm³/mol. The fraction of sp³-hybridized carbons (Fsp3) is 0.143. The fourth-order valence-corrected chi connectivity index (χ4v) is 3.34. The van der Waals surface area contributed by atoms with E-state index < -0.39 is 0 Å². The largest absolute Gasteiger partial charge is 0.451 e. The molecule has 0 atom stereocenters. The first-order valence-corrected chi connectivity index (χ1v) is 9.61. The molecule has 0 aliphatic heterocycles. The van der Waals surface area contributed by atoms with Gasteiger partial charge in [0.15, 0.2) is 11.6 Å². The quantitative estimate of drug-likeness (QED) is 0.513. The average molecular weight is 406 g/mol. The number of furan rings is 1. The number of hydrogen-bond acceptors (Lipinski definition) is 5. The van der Waals surface area contributed by atoms with Gasteiger partial charge in [0.25, 0.3) is 5.91 Å². The van der Waals surface area contributed by atoms with Crippen LogP contribution in [0, 0.1) is 0 Å². The van der Waals surface area contributed by atoms with Crippen molar-refractivity contribution >= 4 is 23.2 Å². The summed E-state index contributed by atoms with van der Waals surface area (Å²) >= 11 is 6.19. The highest BCUT2D eigenvalue weighted by Gasteiger charge is 2.28. The van der Waals surface area contributed by atoms with Crippen LogP contribution >= 0.6 is 11.6 Å². The topological polar surface area (TPSA) is 85.8 Å². The molecule has 1 N–H and O–H groups in total. The molecule has 0 radical (unpaired) electrons. The van der Waals surface area contributed by atoms with Crippen LogP contribution in [-0.2, 0) is 0 Å². The molecule has 2 aromatic carbocycles. The Morgan fingerprint density at radius 3 is 2.62 bits per heavy atom. The summed E-state index contributed by atoms with van der Waals surface area (Å²) in [6.07, 6.45) is 2.21. The normalized spacial score (nSPS) is 13.4. The van der Waals surface area contributed by atoms with E-state index in [4.69, 9.17) is 16.0 Å². The molecule has 5 rings (SSSR count). The van der Waals surface area contributed by atoms with Gasteiger partial charge in [-0.1, -0.05) is 23.7 Å². The van der Waals surface area contributed by atoms with E-state index in [1.54, 1.807) is 18.2 Å². The molecule has 1 amide bonds. The molecule has 1 aliphatic carbocycles. The maximum absolute atomic E-state index is 12.5. The first-order chi connectivity index (χ1) is 14.2. The maximum atomic E-state index is 12.5. The molecule has 0 bridgehead atoms. The standard InChI is InChI=1S/C21H16ClN5O2/c22-17-4-2-1-3-16(17)18-11-12-19(29-18)21(28)23-14-7-5-13(6-8-14)20-24-25-26-27(20)15-9-10-15/h1-8,11-12,15H,9-10H2,(H,23,28). The molecule has 1 fully saturated rings. The van der Waals surface area contributed by atoms with E-state index in [9.17, 15) is 4.79 Å². The number of benzene rings is 2. The summed E-state index contributed by atoms with van der Waals surface area (Å²) in [5.41, 5.74) is 2.30. The Labute approximate surface area is 171 Å². The van der Waals surface area contributed by atoms with E-state index >= 15 is 0 Å². The monoisotopic (exact) mass is 405 g/mol. The van der Waals surface area contributed by atoms with E-state index in [2.05, 4.69) is 20.8 Å². The van der Waals surface area contributed by atoms with Crippen LogP contribution in [0.15, 0.2) is 65.1 Å². The van der Waals surface area contributed by atoms with Crippen molar-refractivity contribution in [3.05, 3.63) is 71.4 Å². The molecule has 29 heavy (non-hydrogen) atoms. The third kappa shape index (κ3) is 3.52. The number of halogens is 1. The van der Waals surface area contributed by atoms with E-state index in [0.717, 1.165) is 29.8 Å². The van der Waals surface area contributed by atoms with Gasteiger partial charge in [-0.3, -0.25) is 4.79 Å². The van der Waals surface area contributed by atoms with Gasteiger partial charge < -0.3 is 9.73 Å². The molecule has 1 saturated carbocycles. The molecule has 2 heterocycles. The third-order valence-corrected chi connectivity index (χ3v) is 5.09. The van der Waals surface area contributed by atoms with Crippen LogP contribution in [0.25, 0.3) is 22.7 Å². The van der Waals surface area contributed by atoms with Crippen molar-refractivity contribution in [3.63, 3.8) is 0 Å². The van der Waals surface area contributed by atoms with Gasteiger partial charge in [0.1, 0.15) is 5.76 Å². The van der Waals surface area contributed by atoms with E-state index in [0.29, 0.717) is 22.5 Å². The molecule has 0 spiro atoms. The van der Waals surface area contributed by atoms with Crippen molar-refractivity contribution in [2.45, 2.75) is 18.9 Å². The number of rotatable bonds is 5. The summed E-state index contributed by atoms with van der Waals surface area (Å²) in [4.78, 5) is 12.5. The second-order valence-electron chi connectivity index (χ2n) is 6.85. The number of carbonyl (C=O) groups is 1. The minimum absolute atomic E-state index is 0.210. The van der Waals surface area contributed by atoms with Crippen molar-refractivity contribution in [2.24, 2.45) is 0 Å². The molecule has 0 unspecified atom stereocenters. The Kier molecular flexibility index (Phi) is 4.37. The van der Waals surface area contributed by atoms with Gasteiger partial charge in [-0.25, -0.2) is 4.68 Å². The average Bonchev–Trinajstić information content (AvgIpc) is 3.26. The zero-order valence-electron chi connectivity index (χ0n) is 15.2. The summed E-state index contributed by atoms with van der Waals surface area (Å²) in [7, 11) is 0. The number of amides is 1. The SMILES string of the molecule is O=C(Nc1ccc(-c2nnnn2C2CC2)cc1)c1ccc(-c2ccccc2Cl)o1. The van der Waals surface area contributed by atoms with E-state index in [-0.39, 0.29) is 11.7 Å². The van der Waals surface area contributed by atoms with Crippen LogP contribution in [0.5, 0.6) is 0 Å². The Morgan fingerprint density at radius 1 is 1.07 bits per heavy atom. The highest BCUT2D eigenvalue weighted by Crippen LogP contribution is 2.36.